The first-order valence-corrected chi connectivity index (χ1v) is 8.54. The van der Waals surface area contributed by atoms with Gasteiger partial charge in [-0.25, -0.2) is 0 Å². The smallest absolute Gasteiger partial charge is 0.127 e. The first kappa shape index (κ1) is 12.5. The zero-order chi connectivity index (χ0) is 13.0. The van der Waals surface area contributed by atoms with E-state index < -0.39 is 0 Å². The molecular formula is C16H18BrClO. The number of halogens is 2. The van der Waals surface area contributed by atoms with Crippen molar-refractivity contribution in [1.29, 1.82) is 0 Å². The van der Waals surface area contributed by atoms with Crippen molar-refractivity contribution in [3.8, 4) is 5.75 Å². The normalized spacial score (nSPS) is 33.3. The molecule has 102 valence electrons. The molecule has 0 amide bonds. The summed E-state index contributed by atoms with van der Waals surface area (Å²) in [7, 11) is 0. The number of hydrogen-bond acceptors (Lipinski definition) is 1. The van der Waals surface area contributed by atoms with Gasteiger partial charge in [0, 0.05) is 16.5 Å². The van der Waals surface area contributed by atoms with Gasteiger partial charge in [-0.2, -0.15) is 0 Å². The topological polar surface area (TPSA) is 9.23 Å². The van der Waals surface area contributed by atoms with E-state index in [0.717, 1.165) is 35.1 Å². The fourth-order valence-corrected chi connectivity index (χ4v) is 5.38. The molecule has 3 aliphatic rings. The van der Waals surface area contributed by atoms with E-state index in [1.807, 2.05) is 0 Å². The van der Waals surface area contributed by atoms with E-state index in [4.69, 9.17) is 16.3 Å². The first-order chi connectivity index (χ1) is 9.22. The summed E-state index contributed by atoms with van der Waals surface area (Å²) in [5.74, 6) is 3.52. The highest BCUT2D eigenvalue weighted by Crippen LogP contribution is 2.56. The van der Waals surface area contributed by atoms with Gasteiger partial charge in [-0.15, -0.1) is 11.6 Å². The van der Waals surface area contributed by atoms with E-state index in [0.29, 0.717) is 5.92 Å². The molecule has 1 aromatic rings. The van der Waals surface area contributed by atoms with Crippen LogP contribution in [-0.2, 0) is 6.42 Å². The molecule has 1 heterocycles. The minimum atomic E-state index is 0.125. The van der Waals surface area contributed by atoms with E-state index in [1.165, 1.54) is 36.8 Å². The Balaban J connectivity index is 1.69. The molecule has 2 fully saturated rings. The monoisotopic (exact) mass is 340 g/mol. The van der Waals surface area contributed by atoms with Crippen LogP contribution in [0.5, 0.6) is 5.75 Å². The van der Waals surface area contributed by atoms with Crippen molar-refractivity contribution < 1.29 is 4.74 Å². The van der Waals surface area contributed by atoms with E-state index in [1.54, 1.807) is 0 Å². The van der Waals surface area contributed by atoms with Gasteiger partial charge in [0.05, 0.1) is 12.0 Å². The maximum Gasteiger partial charge on any atom is 0.127 e. The molecule has 0 radical (unpaired) electrons. The molecular weight excluding hydrogens is 324 g/mol. The van der Waals surface area contributed by atoms with Crippen LogP contribution >= 0.6 is 27.5 Å². The van der Waals surface area contributed by atoms with Crippen molar-refractivity contribution in [2.45, 2.75) is 37.5 Å². The molecule has 3 heteroatoms. The highest BCUT2D eigenvalue weighted by molar-refractivity contribution is 9.10. The van der Waals surface area contributed by atoms with Crippen LogP contribution in [0.3, 0.4) is 0 Å². The SMILES string of the molecule is ClC(c1cc(Br)cc2c1OCC2)C1CC2CCC1C2. The number of fused-ring (bicyclic) bond motifs is 3. The molecule has 1 aliphatic heterocycles. The van der Waals surface area contributed by atoms with Gasteiger partial charge in [-0.1, -0.05) is 22.4 Å². The molecule has 1 nitrogen and oxygen atoms in total. The van der Waals surface area contributed by atoms with Crippen LogP contribution < -0.4 is 4.74 Å². The number of ether oxygens (including phenoxy) is 1. The van der Waals surface area contributed by atoms with Crippen molar-refractivity contribution in [3.63, 3.8) is 0 Å². The fraction of sp³-hybridized carbons (Fsp3) is 0.625. The summed E-state index contributed by atoms with van der Waals surface area (Å²) in [4.78, 5) is 0. The van der Waals surface area contributed by atoms with E-state index >= 15 is 0 Å². The summed E-state index contributed by atoms with van der Waals surface area (Å²) in [6, 6.07) is 4.35. The van der Waals surface area contributed by atoms with Crippen LogP contribution in [0, 0.1) is 17.8 Å². The largest absolute Gasteiger partial charge is 0.493 e. The predicted molar refractivity (Wildman–Crippen MR) is 80.9 cm³/mol. The van der Waals surface area contributed by atoms with Gasteiger partial charge < -0.3 is 4.74 Å². The number of rotatable bonds is 2. The molecule has 0 N–H and O–H groups in total. The van der Waals surface area contributed by atoms with Gasteiger partial charge in [0.15, 0.2) is 0 Å². The van der Waals surface area contributed by atoms with Gasteiger partial charge >= 0.3 is 0 Å². The Morgan fingerprint density at radius 3 is 2.89 bits per heavy atom. The summed E-state index contributed by atoms with van der Waals surface area (Å²) in [5, 5.41) is 0.125. The lowest BCUT2D eigenvalue weighted by atomic mass is 9.83. The van der Waals surface area contributed by atoms with Crippen molar-refractivity contribution >= 4 is 27.5 Å². The van der Waals surface area contributed by atoms with Crippen molar-refractivity contribution in [1.82, 2.24) is 0 Å². The highest BCUT2D eigenvalue weighted by Gasteiger charge is 2.43. The van der Waals surface area contributed by atoms with Crippen molar-refractivity contribution in [3.05, 3.63) is 27.7 Å². The maximum absolute atomic E-state index is 6.86. The molecule has 4 unspecified atom stereocenters. The van der Waals surface area contributed by atoms with Crippen LogP contribution in [0.15, 0.2) is 16.6 Å². The summed E-state index contributed by atoms with van der Waals surface area (Å²) < 4.78 is 6.98. The minimum absolute atomic E-state index is 0.125. The summed E-state index contributed by atoms with van der Waals surface area (Å²) in [6.45, 7) is 0.805. The quantitative estimate of drug-likeness (QED) is 0.680. The van der Waals surface area contributed by atoms with Crippen molar-refractivity contribution in [2.24, 2.45) is 17.8 Å². The number of alkyl halides is 1. The average Bonchev–Trinajstić information content (AvgIpc) is 3.11. The van der Waals surface area contributed by atoms with Crippen LogP contribution in [0.1, 0.15) is 42.2 Å². The zero-order valence-electron chi connectivity index (χ0n) is 10.9. The molecule has 0 saturated heterocycles. The second-order valence-corrected chi connectivity index (χ2v) is 7.71. The second-order valence-electron chi connectivity index (χ2n) is 6.32. The average molecular weight is 342 g/mol. The Morgan fingerprint density at radius 1 is 1.26 bits per heavy atom. The molecule has 2 bridgehead atoms. The number of benzene rings is 1. The first-order valence-electron chi connectivity index (χ1n) is 7.31. The zero-order valence-corrected chi connectivity index (χ0v) is 13.2. The lowest BCUT2D eigenvalue weighted by molar-refractivity contribution is 0.312. The number of hydrogen-bond donors (Lipinski definition) is 0. The minimum Gasteiger partial charge on any atom is -0.493 e. The third-order valence-corrected chi connectivity index (χ3v) is 6.26. The molecule has 0 aromatic heterocycles. The van der Waals surface area contributed by atoms with Crippen LogP contribution in [0.4, 0.5) is 0 Å². The summed E-state index contributed by atoms with van der Waals surface area (Å²) in [6.07, 6.45) is 6.56. The highest BCUT2D eigenvalue weighted by atomic mass is 79.9. The molecule has 4 atom stereocenters. The predicted octanol–water partition coefficient (Wildman–Crippen LogP) is 5.10. The molecule has 0 spiro atoms. The van der Waals surface area contributed by atoms with Gasteiger partial charge in [-0.3, -0.25) is 0 Å². The Hall–Kier alpha value is -0.210. The Bertz CT molecular complexity index is 516. The van der Waals surface area contributed by atoms with Crippen LogP contribution in [0.25, 0.3) is 0 Å². The molecule has 4 rings (SSSR count). The second kappa shape index (κ2) is 4.66. The molecule has 19 heavy (non-hydrogen) atoms. The third kappa shape index (κ3) is 2.03. The maximum atomic E-state index is 6.86. The van der Waals surface area contributed by atoms with Crippen LogP contribution in [0.2, 0.25) is 0 Å². The molecule has 2 aliphatic carbocycles. The fourth-order valence-electron chi connectivity index (χ4n) is 4.39. The Labute approximate surface area is 127 Å². The Morgan fingerprint density at radius 2 is 2.16 bits per heavy atom. The van der Waals surface area contributed by atoms with E-state index in [9.17, 15) is 0 Å². The summed E-state index contributed by atoms with van der Waals surface area (Å²) in [5.41, 5.74) is 2.54. The van der Waals surface area contributed by atoms with Crippen LogP contribution in [-0.4, -0.2) is 6.61 Å². The van der Waals surface area contributed by atoms with E-state index in [2.05, 4.69) is 28.1 Å². The van der Waals surface area contributed by atoms with Gasteiger partial charge in [0.2, 0.25) is 0 Å². The standard InChI is InChI=1S/C16H18BrClO/c17-12-7-11-3-4-19-16(11)14(8-12)15(18)13-6-9-1-2-10(13)5-9/h7-10,13,15H,1-6H2. The van der Waals surface area contributed by atoms with E-state index in [-0.39, 0.29) is 5.38 Å². The Kier molecular flexibility index (Phi) is 3.07. The molecule has 2 saturated carbocycles. The van der Waals surface area contributed by atoms with Gasteiger partial charge in [0.25, 0.3) is 0 Å². The molecule has 1 aromatic carbocycles. The van der Waals surface area contributed by atoms with Gasteiger partial charge in [-0.05, 0) is 54.7 Å². The lowest BCUT2D eigenvalue weighted by Crippen LogP contribution is -2.16. The third-order valence-electron chi connectivity index (χ3n) is 5.24. The lowest BCUT2D eigenvalue weighted by Gasteiger charge is -2.27. The van der Waals surface area contributed by atoms with Gasteiger partial charge in [0.1, 0.15) is 5.75 Å². The summed E-state index contributed by atoms with van der Waals surface area (Å²) >= 11 is 10.5. The van der Waals surface area contributed by atoms with Crippen molar-refractivity contribution in [2.75, 3.05) is 6.61 Å².